The van der Waals surface area contributed by atoms with Gasteiger partial charge in [-0.3, -0.25) is 9.69 Å². The van der Waals surface area contributed by atoms with E-state index in [1.165, 1.54) is 0 Å². The van der Waals surface area contributed by atoms with E-state index in [1.807, 2.05) is 13.8 Å². The van der Waals surface area contributed by atoms with Crippen molar-refractivity contribution in [3.05, 3.63) is 34.9 Å². The van der Waals surface area contributed by atoms with Crippen LogP contribution in [0.4, 0.5) is 4.79 Å². The van der Waals surface area contributed by atoms with E-state index in [2.05, 4.69) is 0 Å². The summed E-state index contributed by atoms with van der Waals surface area (Å²) >= 11 is 5.92. The van der Waals surface area contributed by atoms with Crippen molar-refractivity contribution >= 4 is 23.7 Å². The third-order valence-corrected chi connectivity index (χ3v) is 4.76. The summed E-state index contributed by atoms with van der Waals surface area (Å²) in [4.78, 5) is 26.4. The Morgan fingerprint density at radius 2 is 1.84 bits per heavy atom. The van der Waals surface area contributed by atoms with Gasteiger partial charge in [-0.25, -0.2) is 4.79 Å². The maximum absolute atomic E-state index is 12.8. The van der Waals surface area contributed by atoms with Gasteiger partial charge in [-0.15, -0.1) is 0 Å². The van der Waals surface area contributed by atoms with Crippen LogP contribution in [0, 0.1) is 0 Å². The molecule has 1 saturated heterocycles. The average molecular weight is 368 g/mol. The van der Waals surface area contributed by atoms with Crippen molar-refractivity contribution in [1.29, 1.82) is 0 Å². The molecule has 1 aliphatic heterocycles. The van der Waals surface area contributed by atoms with Crippen LogP contribution in [0.2, 0.25) is 5.02 Å². The molecule has 1 amide bonds. The molecule has 0 aromatic heterocycles. The number of carboxylic acids is 1. The number of hydrogen-bond donors (Lipinski definition) is 1. The number of carbonyl (C=O) groups excluding carboxylic acids is 1. The van der Waals surface area contributed by atoms with Crippen LogP contribution < -0.4 is 0 Å². The SMILES string of the molecule is CC(C)(C)OC(=O)N1C([C@@H](C(=O)O)c2ccc(Cl)cc2)CCC1(C)C. The lowest BCUT2D eigenvalue weighted by atomic mass is 9.90. The van der Waals surface area contributed by atoms with Crippen LogP contribution in [0.15, 0.2) is 24.3 Å². The molecular formula is C19H26ClNO4. The summed E-state index contributed by atoms with van der Waals surface area (Å²) in [5.41, 5.74) is -0.472. The molecule has 2 rings (SSSR count). The maximum atomic E-state index is 12.8. The molecular weight excluding hydrogens is 342 g/mol. The first kappa shape index (κ1) is 19.6. The van der Waals surface area contributed by atoms with Crippen molar-refractivity contribution < 1.29 is 19.4 Å². The lowest BCUT2D eigenvalue weighted by molar-refractivity contribution is -0.140. The zero-order chi connectivity index (χ0) is 19.0. The van der Waals surface area contributed by atoms with Gasteiger partial charge in [0.2, 0.25) is 0 Å². The molecule has 0 radical (unpaired) electrons. The van der Waals surface area contributed by atoms with Gasteiger partial charge in [0.05, 0.1) is 6.04 Å². The van der Waals surface area contributed by atoms with E-state index in [0.29, 0.717) is 23.4 Å². The van der Waals surface area contributed by atoms with E-state index in [4.69, 9.17) is 16.3 Å². The normalized spacial score (nSPS) is 21.0. The molecule has 1 heterocycles. The molecule has 6 heteroatoms. The minimum atomic E-state index is -0.960. The molecule has 1 aromatic rings. The number of hydrogen-bond acceptors (Lipinski definition) is 3. The summed E-state index contributed by atoms with van der Waals surface area (Å²) in [6, 6.07) is 6.29. The molecule has 2 atom stereocenters. The van der Waals surface area contributed by atoms with E-state index in [9.17, 15) is 14.7 Å². The van der Waals surface area contributed by atoms with Gasteiger partial charge in [0.15, 0.2) is 0 Å². The van der Waals surface area contributed by atoms with Crippen molar-refractivity contribution in [2.24, 2.45) is 0 Å². The van der Waals surface area contributed by atoms with E-state index >= 15 is 0 Å². The molecule has 5 nitrogen and oxygen atoms in total. The third kappa shape index (κ3) is 4.46. The molecule has 138 valence electrons. The molecule has 1 aliphatic rings. The smallest absolute Gasteiger partial charge is 0.411 e. The third-order valence-electron chi connectivity index (χ3n) is 4.51. The Hall–Kier alpha value is -1.75. The number of carboxylic acid groups (broad SMARTS) is 1. The second-order valence-electron chi connectivity index (χ2n) is 8.14. The first-order valence-corrected chi connectivity index (χ1v) is 8.81. The van der Waals surface area contributed by atoms with E-state index in [-0.39, 0.29) is 0 Å². The first-order valence-electron chi connectivity index (χ1n) is 8.43. The number of likely N-dealkylation sites (tertiary alicyclic amines) is 1. The van der Waals surface area contributed by atoms with Crippen LogP contribution in [0.1, 0.15) is 58.9 Å². The highest BCUT2D eigenvalue weighted by Crippen LogP contribution is 2.41. The summed E-state index contributed by atoms with van der Waals surface area (Å²) in [5, 5.41) is 10.4. The second-order valence-corrected chi connectivity index (χ2v) is 8.57. The average Bonchev–Trinajstić information content (AvgIpc) is 2.74. The van der Waals surface area contributed by atoms with Crippen molar-refractivity contribution in [3.63, 3.8) is 0 Å². The fraction of sp³-hybridized carbons (Fsp3) is 0.579. The summed E-state index contributed by atoms with van der Waals surface area (Å²) in [7, 11) is 0. The van der Waals surface area contributed by atoms with E-state index in [1.54, 1.807) is 49.9 Å². The van der Waals surface area contributed by atoms with Crippen molar-refractivity contribution in [1.82, 2.24) is 4.90 Å². The van der Waals surface area contributed by atoms with Crippen LogP contribution >= 0.6 is 11.6 Å². The van der Waals surface area contributed by atoms with Crippen molar-refractivity contribution in [3.8, 4) is 0 Å². The van der Waals surface area contributed by atoms with Gasteiger partial charge >= 0.3 is 12.1 Å². The van der Waals surface area contributed by atoms with E-state index < -0.39 is 35.2 Å². The highest BCUT2D eigenvalue weighted by Gasteiger charge is 2.49. The Balaban J connectivity index is 2.40. The molecule has 1 aromatic carbocycles. The summed E-state index contributed by atoms with van der Waals surface area (Å²) < 4.78 is 5.55. The summed E-state index contributed by atoms with van der Waals surface area (Å²) in [6.07, 6.45) is 0.848. The monoisotopic (exact) mass is 367 g/mol. The lowest BCUT2D eigenvalue weighted by Gasteiger charge is -2.39. The Bertz CT molecular complexity index is 648. The van der Waals surface area contributed by atoms with Gasteiger partial charge in [0.1, 0.15) is 11.5 Å². The standard InChI is InChI=1S/C19H26ClNO4/c1-18(2,3)25-17(24)21-14(10-11-19(21,4)5)15(16(22)23)12-6-8-13(20)9-7-12/h6-9,14-15H,10-11H2,1-5H3,(H,22,23)/t14?,15-/m0/s1. The number of nitrogens with zero attached hydrogens (tertiary/aromatic N) is 1. The van der Waals surface area contributed by atoms with Crippen LogP contribution in [0.3, 0.4) is 0 Å². The van der Waals surface area contributed by atoms with Gasteiger partial charge in [-0.1, -0.05) is 23.7 Å². The van der Waals surface area contributed by atoms with Crippen LogP contribution in [-0.2, 0) is 9.53 Å². The van der Waals surface area contributed by atoms with Gasteiger partial charge < -0.3 is 9.84 Å². The number of rotatable bonds is 3. The molecule has 0 saturated carbocycles. The number of halogens is 1. The fourth-order valence-electron chi connectivity index (χ4n) is 3.41. The molecule has 0 aliphatic carbocycles. The predicted molar refractivity (Wildman–Crippen MR) is 97.0 cm³/mol. The van der Waals surface area contributed by atoms with Gasteiger partial charge in [0.25, 0.3) is 0 Å². The molecule has 1 unspecified atom stereocenters. The Morgan fingerprint density at radius 1 is 1.28 bits per heavy atom. The fourth-order valence-corrected chi connectivity index (χ4v) is 3.53. The second kappa shape index (κ2) is 6.87. The minimum Gasteiger partial charge on any atom is -0.481 e. The lowest BCUT2D eigenvalue weighted by Crippen LogP contribution is -2.51. The largest absolute Gasteiger partial charge is 0.481 e. The quantitative estimate of drug-likeness (QED) is 0.841. The van der Waals surface area contributed by atoms with Gasteiger partial charge in [-0.2, -0.15) is 0 Å². The molecule has 0 spiro atoms. The molecule has 1 N–H and O–H groups in total. The van der Waals surface area contributed by atoms with Gasteiger partial charge in [0, 0.05) is 10.6 Å². The Labute approximate surface area is 153 Å². The minimum absolute atomic E-state index is 0.465. The molecule has 0 bridgehead atoms. The van der Waals surface area contributed by atoms with Crippen molar-refractivity contribution in [2.45, 2.75) is 70.6 Å². The maximum Gasteiger partial charge on any atom is 0.411 e. The number of aliphatic carboxylic acids is 1. The van der Waals surface area contributed by atoms with Gasteiger partial charge in [-0.05, 0) is 65.2 Å². The first-order chi connectivity index (χ1) is 11.4. The number of carbonyl (C=O) groups is 2. The Morgan fingerprint density at radius 3 is 2.32 bits per heavy atom. The molecule has 25 heavy (non-hydrogen) atoms. The summed E-state index contributed by atoms with van der Waals surface area (Å²) in [6.45, 7) is 9.29. The zero-order valence-electron chi connectivity index (χ0n) is 15.4. The summed E-state index contributed by atoms with van der Waals surface area (Å²) in [5.74, 6) is -1.79. The predicted octanol–water partition coefficient (Wildman–Crippen LogP) is 4.69. The number of amides is 1. The zero-order valence-corrected chi connectivity index (χ0v) is 16.1. The van der Waals surface area contributed by atoms with Crippen LogP contribution in [0.5, 0.6) is 0 Å². The highest BCUT2D eigenvalue weighted by atomic mass is 35.5. The Kier molecular flexibility index (Phi) is 5.38. The van der Waals surface area contributed by atoms with Crippen LogP contribution in [0.25, 0.3) is 0 Å². The molecule has 1 fully saturated rings. The van der Waals surface area contributed by atoms with E-state index in [0.717, 1.165) is 0 Å². The van der Waals surface area contributed by atoms with Crippen molar-refractivity contribution in [2.75, 3.05) is 0 Å². The highest BCUT2D eigenvalue weighted by molar-refractivity contribution is 6.30. The van der Waals surface area contributed by atoms with Crippen LogP contribution in [-0.4, -0.2) is 39.3 Å². The number of ether oxygens (including phenoxy) is 1. The topological polar surface area (TPSA) is 66.8 Å². The number of benzene rings is 1.